The van der Waals surface area contributed by atoms with Crippen molar-refractivity contribution in [3.05, 3.63) is 75.8 Å². The van der Waals surface area contributed by atoms with E-state index in [-0.39, 0.29) is 22.8 Å². The highest BCUT2D eigenvalue weighted by Gasteiger charge is 2.58. The predicted octanol–water partition coefficient (Wildman–Crippen LogP) is 3.95. The van der Waals surface area contributed by atoms with Gasteiger partial charge in [-0.2, -0.15) is 0 Å². The summed E-state index contributed by atoms with van der Waals surface area (Å²) in [5, 5.41) is 10.8. The maximum Gasteiger partial charge on any atom is 0.269 e. The third kappa shape index (κ3) is 2.41. The van der Waals surface area contributed by atoms with E-state index in [0.29, 0.717) is 6.04 Å². The second-order valence-electron chi connectivity index (χ2n) is 6.34. The van der Waals surface area contributed by atoms with Gasteiger partial charge in [-0.3, -0.25) is 20.0 Å². The average molecular weight is 321 g/mol. The van der Waals surface area contributed by atoms with Crippen molar-refractivity contribution in [3.63, 3.8) is 0 Å². The molecule has 2 heterocycles. The summed E-state index contributed by atoms with van der Waals surface area (Å²) in [7, 11) is 0. The Bertz CT molecular complexity index is 786. The van der Waals surface area contributed by atoms with Crippen LogP contribution in [0.2, 0.25) is 0 Å². The van der Waals surface area contributed by atoms with Crippen LogP contribution in [0.1, 0.15) is 36.9 Å². The van der Waals surface area contributed by atoms with Gasteiger partial charge in [0.2, 0.25) is 0 Å². The SMILES string of the molecule is CCC[C@@H]1N=C(c2ccccc2)[C@@H]2[C@@H](c3ccc([N+](=O)[O-])cc3)N12. The molecule has 0 N–H and O–H groups in total. The Labute approximate surface area is 140 Å². The fourth-order valence-corrected chi connectivity index (χ4v) is 3.69. The molecule has 2 aromatic rings. The monoisotopic (exact) mass is 321 g/mol. The molecule has 1 unspecified atom stereocenters. The Balaban J connectivity index is 1.63. The van der Waals surface area contributed by atoms with Gasteiger partial charge in [0.1, 0.15) is 6.17 Å². The minimum atomic E-state index is -0.353. The lowest BCUT2D eigenvalue weighted by Gasteiger charge is -2.12. The van der Waals surface area contributed by atoms with E-state index in [9.17, 15) is 10.1 Å². The quantitative estimate of drug-likeness (QED) is 0.476. The summed E-state index contributed by atoms with van der Waals surface area (Å²) >= 11 is 0. The summed E-state index contributed by atoms with van der Waals surface area (Å²) in [5.41, 5.74) is 3.60. The van der Waals surface area contributed by atoms with E-state index in [0.717, 1.165) is 24.1 Å². The summed E-state index contributed by atoms with van der Waals surface area (Å²) in [6.07, 6.45) is 2.35. The number of non-ortho nitro benzene ring substituents is 1. The molecule has 0 aliphatic carbocycles. The van der Waals surface area contributed by atoms with Crippen molar-refractivity contribution in [2.75, 3.05) is 0 Å². The highest BCUT2D eigenvalue weighted by molar-refractivity contribution is 6.08. The number of nitro benzene ring substituents is 1. The molecule has 1 saturated heterocycles. The Morgan fingerprint density at radius 1 is 1.08 bits per heavy atom. The molecule has 5 heteroatoms. The van der Waals surface area contributed by atoms with Crippen LogP contribution in [-0.2, 0) is 0 Å². The molecule has 0 saturated carbocycles. The molecule has 1 fully saturated rings. The lowest BCUT2D eigenvalue weighted by molar-refractivity contribution is -0.384. The van der Waals surface area contributed by atoms with Gasteiger partial charge in [0.25, 0.3) is 5.69 Å². The van der Waals surface area contributed by atoms with Crippen molar-refractivity contribution >= 4 is 11.4 Å². The number of fused-ring (bicyclic) bond motifs is 1. The lowest BCUT2D eigenvalue weighted by Crippen LogP contribution is -2.14. The number of hydrogen-bond acceptors (Lipinski definition) is 4. The van der Waals surface area contributed by atoms with Crippen LogP contribution in [0, 0.1) is 10.1 Å². The Morgan fingerprint density at radius 2 is 1.79 bits per heavy atom. The minimum Gasteiger partial charge on any atom is -0.268 e. The Kier molecular flexibility index (Phi) is 3.65. The van der Waals surface area contributed by atoms with Crippen molar-refractivity contribution in [2.45, 2.75) is 38.0 Å². The highest BCUT2D eigenvalue weighted by Crippen LogP contribution is 2.51. The maximum absolute atomic E-state index is 10.8. The zero-order valence-corrected chi connectivity index (χ0v) is 13.5. The maximum atomic E-state index is 10.8. The molecule has 0 bridgehead atoms. The molecule has 2 aliphatic heterocycles. The molecule has 5 nitrogen and oxygen atoms in total. The number of benzene rings is 2. The first-order valence-corrected chi connectivity index (χ1v) is 8.35. The third-order valence-electron chi connectivity index (χ3n) is 4.83. The lowest BCUT2D eigenvalue weighted by atomic mass is 10.0. The van der Waals surface area contributed by atoms with Crippen LogP contribution in [0.5, 0.6) is 0 Å². The summed E-state index contributed by atoms with van der Waals surface area (Å²) in [6.45, 7) is 2.18. The predicted molar refractivity (Wildman–Crippen MR) is 93.1 cm³/mol. The van der Waals surface area contributed by atoms with Crippen molar-refractivity contribution < 1.29 is 4.92 Å². The van der Waals surface area contributed by atoms with Crippen molar-refractivity contribution in [3.8, 4) is 0 Å². The topological polar surface area (TPSA) is 58.5 Å². The highest BCUT2D eigenvalue weighted by atomic mass is 16.6. The van der Waals surface area contributed by atoms with Gasteiger partial charge < -0.3 is 0 Å². The molecule has 0 radical (unpaired) electrons. The van der Waals surface area contributed by atoms with Crippen molar-refractivity contribution in [1.29, 1.82) is 0 Å². The van der Waals surface area contributed by atoms with Crippen molar-refractivity contribution in [1.82, 2.24) is 4.90 Å². The average Bonchev–Trinajstić information content (AvgIpc) is 3.24. The van der Waals surface area contributed by atoms with Crippen LogP contribution >= 0.6 is 0 Å². The molecule has 0 aromatic heterocycles. The number of hydrogen-bond donors (Lipinski definition) is 0. The van der Waals surface area contributed by atoms with E-state index >= 15 is 0 Å². The zero-order valence-electron chi connectivity index (χ0n) is 13.5. The van der Waals surface area contributed by atoms with Gasteiger partial charge in [-0.15, -0.1) is 0 Å². The normalized spacial score (nSPS) is 27.5. The third-order valence-corrected chi connectivity index (χ3v) is 4.83. The molecule has 4 atom stereocenters. The Hall–Kier alpha value is -2.53. The van der Waals surface area contributed by atoms with E-state index < -0.39 is 0 Å². The number of aliphatic imine (C=N–C) groups is 1. The molecule has 0 spiro atoms. The molecule has 2 aliphatic rings. The summed E-state index contributed by atoms with van der Waals surface area (Å²) in [4.78, 5) is 17.8. The molecule has 122 valence electrons. The van der Waals surface area contributed by atoms with Crippen LogP contribution in [0.25, 0.3) is 0 Å². The number of rotatable bonds is 5. The molecule has 0 amide bonds. The fraction of sp³-hybridized carbons (Fsp3) is 0.316. The Morgan fingerprint density at radius 3 is 2.42 bits per heavy atom. The van der Waals surface area contributed by atoms with Gasteiger partial charge in [-0.1, -0.05) is 55.8 Å². The molecular formula is C19H19N3O2. The van der Waals surface area contributed by atoms with Gasteiger partial charge in [-0.05, 0) is 17.5 Å². The van der Waals surface area contributed by atoms with E-state index in [2.05, 4.69) is 24.0 Å². The zero-order chi connectivity index (χ0) is 16.7. The molecule has 2 aromatic carbocycles. The van der Waals surface area contributed by atoms with Crippen molar-refractivity contribution in [2.24, 2.45) is 4.99 Å². The van der Waals surface area contributed by atoms with Gasteiger partial charge in [0.15, 0.2) is 0 Å². The second kappa shape index (κ2) is 5.83. The summed E-state index contributed by atoms with van der Waals surface area (Å²) in [5.74, 6) is 0. The molecular weight excluding hydrogens is 302 g/mol. The van der Waals surface area contributed by atoms with E-state index in [1.807, 2.05) is 30.3 Å². The smallest absolute Gasteiger partial charge is 0.268 e. The van der Waals surface area contributed by atoms with Gasteiger partial charge in [-0.25, -0.2) is 0 Å². The van der Waals surface area contributed by atoms with Crippen LogP contribution < -0.4 is 0 Å². The molecule has 24 heavy (non-hydrogen) atoms. The summed E-state index contributed by atoms with van der Waals surface area (Å²) < 4.78 is 0. The fourth-order valence-electron chi connectivity index (χ4n) is 3.69. The van der Waals surface area contributed by atoms with E-state index in [1.165, 1.54) is 5.56 Å². The van der Waals surface area contributed by atoms with Crippen LogP contribution in [0.3, 0.4) is 0 Å². The largest absolute Gasteiger partial charge is 0.269 e. The van der Waals surface area contributed by atoms with Crippen LogP contribution in [-0.4, -0.2) is 27.7 Å². The van der Waals surface area contributed by atoms with E-state index in [1.54, 1.807) is 12.1 Å². The molecule has 4 rings (SSSR count). The van der Waals surface area contributed by atoms with Crippen LogP contribution in [0.4, 0.5) is 5.69 Å². The first-order chi connectivity index (χ1) is 11.7. The first-order valence-electron chi connectivity index (χ1n) is 8.35. The standard InChI is InChI=1S/C19H19N3O2/c1-2-6-16-20-17(13-7-4-3-5-8-13)19-18(21(16)19)14-9-11-15(12-10-14)22(23)24/h3-5,7-12,16,18-19H,2,6H2,1H3/t16-,18-,19-,21?/m1/s1. The minimum absolute atomic E-state index is 0.140. The van der Waals surface area contributed by atoms with Crippen LogP contribution in [0.15, 0.2) is 59.6 Å². The number of nitrogens with zero attached hydrogens (tertiary/aromatic N) is 3. The second-order valence-corrected chi connectivity index (χ2v) is 6.34. The van der Waals surface area contributed by atoms with Gasteiger partial charge in [0, 0.05) is 12.1 Å². The van der Waals surface area contributed by atoms with Gasteiger partial charge >= 0.3 is 0 Å². The van der Waals surface area contributed by atoms with E-state index in [4.69, 9.17) is 4.99 Å². The van der Waals surface area contributed by atoms with Gasteiger partial charge in [0.05, 0.1) is 22.7 Å². The summed E-state index contributed by atoms with van der Waals surface area (Å²) in [6, 6.07) is 17.8. The first kappa shape index (κ1) is 15.0. The number of nitro groups is 1.